The topological polar surface area (TPSA) is 41.1 Å². The number of piperidine rings is 1. The van der Waals surface area contributed by atoms with Gasteiger partial charge in [0.25, 0.3) is 0 Å². The third-order valence-electron chi connectivity index (χ3n) is 5.30. The summed E-state index contributed by atoms with van der Waals surface area (Å²) in [6, 6.07) is 31.0. The molecular weight excluding hydrogens is 332 g/mol. The van der Waals surface area contributed by atoms with Crippen molar-refractivity contribution in [1.29, 1.82) is 0 Å². The van der Waals surface area contributed by atoms with E-state index in [1.807, 2.05) is 18.2 Å². The predicted molar refractivity (Wildman–Crippen MR) is 108 cm³/mol. The first-order valence-corrected chi connectivity index (χ1v) is 9.53. The van der Waals surface area contributed by atoms with Crippen molar-refractivity contribution < 1.29 is 4.79 Å². The minimum absolute atomic E-state index is 0.0772. The maximum atomic E-state index is 12.6. The van der Waals surface area contributed by atoms with Crippen molar-refractivity contribution in [3.8, 4) is 0 Å². The summed E-state index contributed by atoms with van der Waals surface area (Å²) >= 11 is 0. The second-order valence-electron chi connectivity index (χ2n) is 6.98. The summed E-state index contributed by atoms with van der Waals surface area (Å²) in [5.74, 6) is 0.0772. The third-order valence-corrected chi connectivity index (χ3v) is 5.30. The van der Waals surface area contributed by atoms with Crippen molar-refractivity contribution in [3.05, 3.63) is 108 Å². The van der Waals surface area contributed by atoms with Crippen LogP contribution in [0.4, 0.5) is 0 Å². The molecule has 0 saturated carbocycles. The molecule has 3 aromatic carbocycles. The van der Waals surface area contributed by atoms with Gasteiger partial charge >= 0.3 is 0 Å². The van der Waals surface area contributed by atoms with Crippen molar-refractivity contribution >= 4 is 5.91 Å². The van der Waals surface area contributed by atoms with Gasteiger partial charge in [-0.05, 0) is 29.5 Å². The predicted octanol–water partition coefficient (Wildman–Crippen LogP) is 3.85. The third kappa shape index (κ3) is 3.38. The van der Waals surface area contributed by atoms with Crippen LogP contribution in [0, 0.1) is 0 Å². The van der Waals surface area contributed by atoms with Crippen molar-refractivity contribution in [2.24, 2.45) is 0 Å². The van der Waals surface area contributed by atoms with Gasteiger partial charge in [0.2, 0.25) is 5.91 Å². The zero-order valence-corrected chi connectivity index (χ0v) is 15.3. The number of rotatable bonds is 5. The molecule has 136 valence electrons. The molecule has 27 heavy (non-hydrogen) atoms. The molecular formula is C24H24N2O. The van der Waals surface area contributed by atoms with Crippen LogP contribution in [-0.4, -0.2) is 18.5 Å². The molecule has 0 aliphatic carbocycles. The minimum atomic E-state index is -0.594. The van der Waals surface area contributed by atoms with Crippen molar-refractivity contribution in [2.45, 2.75) is 24.4 Å². The highest BCUT2D eigenvalue weighted by Crippen LogP contribution is 2.37. The Hall–Kier alpha value is -2.91. The highest BCUT2D eigenvalue weighted by Gasteiger charge is 2.40. The van der Waals surface area contributed by atoms with Crippen molar-refractivity contribution in [3.63, 3.8) is 0 Å². The molecule has 0 aromatic heterocycles. The Morgan fingerprint density at radius 2 is 1.19 bits per heavy atom. The van der Waals surface area contributed by atoms with Gasteiger partial charge in [0.1, 0.15) is 0 Å². The number of hydrogen-bond acceptors (Lipinski definition) is 2. The van der Waals surface area contributed by atoms with Crippen molar-refractivity contribution in [2.75, 3.05) is 6.54 Å². The van der Waals surface area contributed by atoms with E-state index in [2.05, 4.69) is 83.4 Å². The van der Waals surface area contributed by atoms with Crippen LogP contribution in [-0.2, 0) is 10.3 Å². The molecule has 0 unspecified atom stereocenters. The molecule has 1 saturated heterocycles. The highest BCUT2D eigenvalue weighted by molar-refractivity contribution is 5.82. The first-order valence-electron chi connectivity index (χ1n) is 9.53. The molecule has 0 radical (unpaired) electrons. The van der Waals surface area contributed by atoms with E-state index in [1.165, 1.54) is 0 Å². The maximum absolute atomic E-state index is 12.6. The Balaban J connectivity index is 1.93. The Bertz CT molecular complexity index is 781. The van der Waals surface area contributed by atoms with Gasteiger partial charge < -0.3 is 5.32 Å². The van der Waals surface area contributed by atoms with Crippen LogP contribution in [0.3, 0.4) is 0 Å². The van der Waals surface area contributed by atoms with E-state index in [4.69, 9.17) is 0 Å². The SMILES string of the molecule is O=C1NCCC[C@H]1NC(c1ccccc1)(c1ccccc1)c1ccccc1. The average Bonchev–Trinajstić information content (AvgIpc) is 2.75. The van der Waals surface area contributed by atoms with Gasteiger partial charge in [0.15, 0.2) is 0 Å². The fraction of sp³-hybridized carbons (Fsp3) is 0.208. The molecule has 3 aromatic rings. The minimum Gasteiger partial charge on any atom is -0.355 e. The van der Waals surface area contributed by atoms with Crippen LogP contribution >= 0.6 is 0 Å². The lowest BCUT2D eigenvalue weighted by Gasteiger charge is -2.40. The summed E-state index contributed by atoms with van der Waals surface area (Å²) in [5.41, 5.74) is 2.78. The van der Waals surface area contributed by atoms with E-state index in [1.54, 1.807) is 0 Å². The number of nitrogens with one attached hydrogen (secondary N) is 2. The van der Waals surface area contributed by atoms with Gasteiger partial charge in [-0.2, -0.15) is 0 Å². The summed E-state index contributed by atoms with van der Waals surface area (Å²) in [6.45, 7) is 0.756. The van der Waals surface area contributed by atoms with E-state index in [9.17, 15) is 4.79 Å². The normalized spacial score (nSPS) is 17.3. The van der Waals surface area contributed by atoms with Gasteiger partial charge in [-0.3, -0.25) is 10.1 Å². The van der Waals surface area contributed by atoms with E-state index in [0.29, 0.717) is 0 Å². The second kappa shape index (κ2) is 7.77. The molecule has 1 aliphatic rings. The Kier molecular flexibility index (Phi) is 5.03. The molecule has 1 amide bonds. The molecule has 2 N–H and O–H groups in total. The molecule has 0 bridgehead atoms. The highest BCUT2D eigenvalue weighted by atomic mass is 16.2. The van der Waals surface area contributed by atoms with Gasteiger partial charge in [0, 0.05) is 6.54 Å². The number of hydrogen-bond donors (Lipinski definition) is 2. The number of benzene rings is 3. The summed E-state index contributed by atoms with van der Waals surface area (Å²) in [4.78, 5) is 12.6. The second-order valence-corrected chi connectivity index (χ2v) is 6.98. The summed E-state index contributed by atoms with van der Waals surface area (Å²) in [7, 11) is 0. The molecule has 3 nitrogen and oxygen atoms in total. The van der Waals surface area contributed by atoms with Gasteiger partial charge in [-0.1, -0.05) is 91.0 Å². The molecule has 1 heterocycles. The lowest BCUT2D eigenvalue weighted by atomic mass is 9.76. The summed E-state index contributed by atoms with van der Waals surface area (Å²) < 4.78 is 0. The standard InChI is InChI=1S/C24H24N2O/c27-23-22(17-10-18-25-23)26-24(19-11-4-1-5-12-19,20-13-6-2-7-14-20)21-15-8-3-9-16-21/h1-9,11-16,22,26H,10,17-18H2,(H,25,27)/t22-/m1/s1. The zero-order valence-electron chi connectivity index (χ0n) is 15.3. The Morgan fingerprint density at radius 1 is 0.741 bits per heavy atom. The smallest absolute Gasteiger partial charge is 0.237 e. The van der Waals surface area contributed by atoms with E-state index >= 15 is 0 Å². The first-order chi connectivity index (χ1) is 13.3. The van der Waals surface area contributed by atoms with Gasteiger partial charge in [-0.25, -0.2) is 0 Å². The van der Waals surface area contributed by atoms with Crippen LogP contribution in [0.1, 0.15) is 29.5 Å². The monoisotopic (exact) mass is 356 g/mol. The number of carbonyl (C=O) groups is 1. The molecule has 1 aliphatic heterocycles. The molecule has 0 spiro atoms. The Labute approximate surface area is 160 Å². The largest absolute Gasteiger partial charge is 0.355 e. The van der Waals surface area contributed by atoms with Gasteiger partial charge in [0.05, 0.1) is 11.6 Å². The van der Waals surface area contributed by atoms with Crippen LogP contribution in [0.5, 0.6) is 0 Å². The summed E-state index contributed by atoms with van der Waals surface area (Å²) in [5, 5.41) is 6.76. The van der Waals surface area contributed by atoms with Crippen LogP contribution < -0.4 is 10.6 Å². The quantitative estimate of drug-likeness (QED) is 0.682. The molecule has 4 rings (SSSR count). The molecule has 1 atom stereocenters. The van der Waals surface area contributed by atoms with Crippen LogP contribution in [0.2, 0.25) is 0 Å². The zero-order chi connectivity index (χ0) is 18.5. The Morgan fingerprint density at radius 3 is 1.59 bits per heavy atom. The van der Waals surface area contributed by atoms with Crippen LogP contribution in [0.25, 0.3) is 0 Å². The fourth-order valence-electron chi connectivity index (χ4n) is 3.99. The van der Waals surface area contributed by atoms with E-state index < -0.39 is 5.54 Å². The number of amides is 1. The molecule has 1 fully saturated rings. The van der Waals surface area contributed by atoms with Crippen LogP contribution in [0.15, 0.2) is 91.0 Å². The molecule has 3 heteroatoms. The van der Waals surface area contributed by atoms with E-state index in [-0.39, 0.29) is 11.9 Å². The maximum Gasteiger partial charge on any atom is 0.237 e. The van der Waals surface area contributed by atoms with E-state index in [0.717, 1.165) is 36.1 Å². The average molecular weight is 356 g/mol. The number of carbonyl (C=O) groups excluding carboxylic acids is 1. The first kappa shape index (κ1) is 17.5. The summed E-state index contributed by atoms with van der Waals surface area (Å²) in [6.07, 6.45) is 1.82. The lowest BCUT2D eigenvalue weighted by molar-refractivity contribution is -0.124. The lowest BCUT2D eigenvalue weighted by Crippen LogP contribution is -2.57. The van der Waals surface area contributed by atoms with Gasteiger partial charge in [-0.15, -0.1) is 0 Å². The van der Waals surface area contributed by atoms with Crippen molar-refractivity contribution in [1.82, 2.24) is 10.6 Å². The fourth-order valence-corrected chi connectivity index (χ4v) is 3.99.